The molecule has 3 N–H and O–H groups in total. The zero-order valence-electron chi connectivity index (χ0n) is 13.2. The van der Waals surface area contributed by atoms with Crippen LogP contribution in [0.15, 0.2) is 6.07 Å². The van der Waals surface area contributed by atoms with E-state index in [0.29, 0.717) is 18.3 Å². The Bertz CT molecular complexity index is 409. The van der Waals surface area contributed by atoms with E-state index in [4.69, 9.17) is 10.6 Å². The number of hydrazine groups is 1. The fourth-order valence-corrected chi connectivity index (χ4v) is 1.89. The van der Waals surface area contributed by atoms with Crippen LogP contribution in [0.3, 0.4) is 0 Å². The first kappa shape index (κ1) is 16.7. The van der Waals surface area contributed by atoms with E-state index in [1.54, 1.807) is 7.11 Å². The van der Waals surface area contributed by atoms with Gasteiger partial charge in [-0.1, -0.05) is 27.7 Å². The molecule has 0 saturated carbocycles. The first-order chi connectivity index (χ1) is 9.47. The molecule has 0 aromatic carbocycles. The van der Waals surface area contributed by atoms with E-state index < -0.39 is 0 Å². The van der Waals surface area contributed by atoms with Crippen molar-refractivity contribution in [3.8, 4) is 0 Å². The van der Waals surface area contributed by atoms with Gasteiger partial charge in [0.25, 0.3) is 0 Å². The summed E-state index contributed by atoms with van der Waals surface area (Å²) in [5, 5.41) is 0. The van der Waals surface area contributed by atoms with Crippen LogP contribution >= 0.6 is 0 Å². The van der Waals surface area contributed by atoms with Gasteiger partial charge < -0.3 is 15.1 Å². The number of aromatic nitrogens is 2. The van der Waals surface area contributed by atoms with E-state index in [1.807, 2.05) is 6.07 Å². The van der Waals surface area contributed by atoms with Crippen LogP contribution in [-0.2, 0) is 4.74 Å². The fraction of sp³-hybridized carbons (Fsp3) is 0.714. The maximum Gasteiger partial charge on any atom is 0.145 e. The average molecular weight is 281 g/mol. The molecule has 0 aliphatic carbocycles. The molecule has 0 unspecified atom stereocenters. The zero-order chi connectivity index (χ0) is 15.1. The molecule has 6 heteroatoms. The minimum absolute atomic E-state index is 0.255. The number of methoxy groups -OCH3 is 1. The second-order valence-electron chi connectivity index (χ2n) is 5.60. The Morgan fingerprint density at radius 3 is 2.50 bits per heavy atom. The van der Waals surface area contributed by atoms with Crippen LogP contribution in [0.5, 0.6) is 0 Å². The summed E-state index contributed by atoms with van der Waals surface area (Å²) in [6.07, 6.45) is 0. The molecule has 6 nitrogen and oxygen atoms in total. The molecule has 0 atom stereocenters. The third kappa shape index (κ3) is 4.94. The molecule has 0 aliphatic rings. The molecule has 1 heterocycles. The number of nitrogens with two attached hydrogens (primary N) is 1. The van der Waals surface area contributed by atoms with Gasteiger partial charge in [-0.05, 0) is 5.92 Å². The molecular weight excluding hydrogens is 254 g/mol. The zero-order valence-corrected chi connectivity index (χ0v) is 13.2. The Morgan fingerprint density at radius 2 is 2.00 bits per heavy atom. The number of rotatable bonds is 8. The van der Waals surface area contributed by atoms with Crippen LogP contribution in [0.25, 0.3) is 0 Å². The highest BCUT2D eigenvalue weighted by molar-refractivity contribution is 5.49. The van der Waals surface area contributed by atoms with Crippen LogP contribution in [0.1, 0.15) is 39.4 Å². The number of anilines is 2. The lowest BCUT2D eigenvalue weighted by molar-refractivity contribution is 0.204. The summed E-state index contributed by atoms with van der Waals surface area (Å²) in [4.78, 5) is 11.2. The lowest BCUT2D eigenvalue weighted by Gasteiger charge is -2.26. The summed E-state index contributed by atoms with van der Waals surface area (Å²) in [5.74, 6) is 8.63. The van der Waals surface area contributed by atoms with Crippen molar-refractivity contribution in [3.63, 3.8) is 0 Å². The predicted molar refractivity (Wildman–Crippen MR) is 82.9 cm³/mol. The topological polar surface area (TPSA) is 76.3 Å². The molecular formula is C14H27N5O. The van der Waals surface area contributed by atoms with Crippen molar-refractivity contribution in [2.75, 3.05) is 37.1 Å². The molecule has 0 amide bonds. The number of ether oxygens (including phenoxy) is 1. The fourth-order valence-electron chi connectivity index (χ4n) is 1.89. The Morgan fingerprint density at radius 1 is 1.30 bits per heavy atom. The third-order valence-electron chi connectivity index (χ3n) is 2.87. The summed E-state index contributed by atoms with van der Waals surface area (Å²) in [5.41, 5.74) is 2.62. The van der Waals surface area contributed by atoms with Gasteiger partial charge in [-0.25, -0.2) is 15.8 Å². The van der Waals surface area contributed by atoms with Crippen molar-refractivity contribution in [2.45, 2.75) is 33.6 Å². The van der Waals surface area contributed by atoms with Crippen molar-refractivity contribution in [1.29, 1.82) is 0 Å². The lowest BCUT2D eigenvalue weighted by atomic mass is 10.2. The maximum absolute atomic E-state index is 5.51. The van der Waals surface area contributed by atoms with E-state index >= 15 is 0 Å². The van der Waals surface area contributed by atoms with Crippen molar-refractivity contribution in [2.24, 2.45) is 11.8 Å². The second-order valence-corrected chi connectivity index (χ2v) is 5.60. The Balaban J connectivity index is 3.06. The number of nitrogens with one attached hydrogen (secondary N) is 1. The van der Waals surface area contributed by atoms with Crippen molar-refractivity contribution in [1.82, 2.24) is 9.97 Å². The molecule has 1 aromatic rings. The molecule has 0 radical (unpaired) electrons. The summed E-state index contributed by atoms with van der Waals surface area (Å²) in [6.45, 7) is 10.9. The summed E-state index contributed by atoms with van der Waals surface area (Å²) in [6, 6.07) is 1.88. The predicted octanol–water partition coefficient (Wildman–Crippen LogP) is 1.99. The Kier molecular flexibility index (Phi) is 6.67. The van der Waals surface area contributed by atoms with Crippen molar-refractivity contribution >= 4 is 11.6 Å². The molecule has 0 fully saturated rings. The van der Waals surface area contributed by atoms with Crippen LogP contribution in [0, 0.1) is 5.92 Å². The largest absolute Gasteiger partial charge is 0.383 e. The summed E-state index contributed by atoms with van der Waals surface area (Å²) >= 11 is 0. The van der Waals surface area contributed by atoms with Crippen LogP contribution in [0.2, 0.25) is 0 Å². The van der Waals surface area contributed by atoms with Gasteiger partial charge in [0.2, 0.25) is 0 Å². The van der Waals surface area contributed by atoms with Gasteiger partial charge in [0.05, 0.1) is 6.61 Å². The minimum atomic E-state index is 0.255. The van der Waals surface area contributed by atoms with Gasteiger partial charge in [-0.2, -0.15) is 0 Å². The van der Waals surface area contributed by atoms with E-state index in [1.165, 1.54) is 0 Å². The Labute approximate surface area is 121 Å². The van der Waals surface area contributed by atoms with Crippen LogP contribution in [0.4, 0.5) is 11.6 Å². The van der Waals surface area contributed by atoms with Crippen molar-refractivity contribution in [3.05, 3.63) is 11.9 Å². The van der Waals surface area contributed by atoms with Crippen molar-refractivity contribution < 1.29 is 4.74 Å². The van der Waals surface area contributed by atoms with E-state index in [0.717, 1.165) is 24.7 Å². The molecule has 0 bridgehead atoms. The van der Waals surface area contributed by atoms with Crippen LogP contribution in [-0.4, -0.2) is 36.8 Å². The summed E-state index contributed by atoms with van der Waals surface area (Å²) in [7, 11) is 1.71. The van der Waals surface area contributed by atoms with Crippen LogP contribution < -0.4 is 16.2 Å². The highest BCUT2D eigenvalue weighted by atomic mass is 16.5. The van der Waals surface area contributed by atoms with Gasteiger partial charge in [-0.15, -0.1) is 0 Å². The molecule has 0 spiro atoms. The first-order valence-corrected chi connectivity index (χ1v) is 7.07. The SMILES string of the molecule is COCCN(CC(C)C)c1cc(NN)nc(C(C)C)n1. The highest BCUT2D eigenvalue weighted by Gasteiger charge is 2.14. The normalized spacial score (nSPS) is 11.2. The number of hydrogen-bond acceptors (Lipinski definition) is 6. The van der Waals surface area contributed by atoms with E-state index in [9.17, 15) is 0 Å². The molecule has 1 aromatic heterocycles. The molecule has 1 rings (SSSR count). The molecule has 0 saturated heterocycles. The number of nitrogens with zero attached hydrogens (tertiary/aromatic N) is 3. The standard InChI is InChI=1S/C14H27N5O/c1-10(2)9-19(6-7-20-5)13-8-12(18-15)16-14(17-13)11(3)4/h8,10-11H,6-7,9,15H2,1-5H3,(H,16,17,18). The lowest BCUT2D eigenvalue weighted by Crippen LogP contribution is -2.32. The number of nitrogen functional groups attached to an aromatic ring is 1. The Hall–Kier alpha value is -1.40. The molecule has 0 aliphatic heterocycles. The van der Waals surface area contributed by atoms with E-state index in [-0.39, 0.29) is 5.92 Å². The highest BCUT2D eigenvalue weighted by Crippen LogP contribution is 2.20. The van der Waals surface area contributed by atoms with Gasteiger partial charge in [0.15, 0.2) is 0 Å². The minimum Gasteiger partial charge on any atom is -0.383 e. The molecule has 114 valence electrons. The smallest absolute Gasteiger partial charge is 0.145 e. The van der Waals surface area contributed by atoms with Gasteiger partial charge >= 0.3 is 0 Å². The van der Waals surface area contributed by atoms with Gasteiger partial charge in [0.1, 0.15) is 17.5 Å². The average Bonchev–Trinajstić information content (AvgIpc) is 2.42. The third-order valence-corrected chi connectivity index (χ3v) is 2.87. The summed E-state index contributed by atoms with van der Waals surface area (Å²) < 4.78 is 5.18. The monoisotopic (exact) mass is 281 g/mol. The van der Waals surface area contributed by atoms with Gasteiger partial charge in [-0.3, -0.25) is 0 Å². The second kappa shape index (κ2) is 8.01. The van der Waals surface area contributed by atoms with E-state index in [2.05, 4.69) is 48.0 Å². The maximum atomic E-state index is 5.51. The van der Waals surface area contributed by atoms with Gasteiger partial charge in [0, 0.05) is 32.2 Å². The molecule has 20 heavy (non-hydrogen) atoms. The number of hydrogen-bond donors (Lipinski definition) is 2. The first-order valence-electron chi connectivity index (χ1n) is 7.07. The quantitative estimate of drug-likeness (QED) is 0.560.